The van der Waals surface area contributed by atoms with E-state index in [1.165, 1.54) is 5.56 Å². The molecule has 202 valence electrons. The minimum absolute atomic E-state index is 0. The normalized spacial score (nSPS) is 11.7. The summed E-state index contributed by atoms with van der Waals surface area (Å²) in [5.41, 5.74) is 8.34. The van der Waals surface area contributed by atoms with Crippen molar-refractivity contribution in [1.82, 2.24) is 28.9 Å². The number of hydrogen-bond acceptors (Lipinski definition) is 5. The summed E-state index contributed by atoms with van der Waals surface area (Å²) in [7, 11) is 0. The van der Waals surface area contributed by atoms with E-state index < -0.39 is 0 Å². The Morgan fingerprint density at radius 2 is 1.54 bits per heavy atom. The van der Waals surface area contributed by atoms with Crippen molar-refractivity contribution < 1.29 is 25.8 Å². The van der Waals surface area contributed by atoms with Gasteiger partial charge in [0.05, 0.1) is 22.4 Å². The Kier molecular flexibility index (Phi) is 6.05. The Labute approximate surface area is 249 Å². The predicted octanol–water partition coefficient (Wildman–Crippen LogP) is 7.24. The monoisotopic (exact) mass is 712 g/mol. The van der Waals surface area contributed by atoms with Gasteiger partial charge in [0.1, 0.15) is 0 Å². The molecule has 0 aliphatic rings. The largest absolute Gasteiger partial charge is 0.501 e. The molecule has 0 N–H and O–H groups in total. The third-order valence-electron chi connectivity index (χ3n) is 7.25. The number of nitrogens with zero attached hydrogens (tertiary/aromatic N) is 6. The molecule has 0 atom stereocenters. The van der Waals surface area contributed by atoms with Gasteiger partial charge in [-0.15, -0.1) is 11.9 Å². The first-order chi connectivity index (χ1) is 19.7. The number of hydrogen-bond donors (Lipinski definition) is 0. The molecule has 41 heavy (non-hydrogen) atoms. The van der Waals surface area contributed by atoms with Crippen LogP contribution < -0.4 is 4.74 Å². The zero-order valence-electron chi connectivity index (χ0n) is 22.1. The van der Waals surface area contributed by atoms with Gasteiger partial charge in [-0.25, -0.2) is 0 Å². The molecule has 0 unspecified atom stereocenters. The third kappa shape index (κ3) is 3.99. The second-order valence-electron chi connectivity index (χ2n) is 10.0. The van der Waals surface area contributed by atoms with Crippen molar-refractivity contribution in [3.63, 3.8) is 0 Å². The number of aromatic nitrogens is 6. The molecule has 0 fully saturated rings. The standard InChI is InChI=1S/C33H21N6O.Pt/c1-20(2)24-8-7-13-30-31(24)32-25(33-37-27-10-4-6-12-29(27)39(30)33)15-23(18-35-32)40-22-14-21(16-34-17-22)38-19-36-26-9-3-5-11-28(26)38;/h3-13,16-18,20H,1-2H3;/q-3;. The van der Waals surface area contributed by atoms with E-state index in [1.54, 1.807) is 18.6 Å². The molecule has 0 amide bonds. The smallest absolute Gasteiger partial charge is 0.0774 e. The fourth-order valence-electron chi connectivity index (χ4n) is 5.47. The minimum atomic E-state index is 0. The van der Waals surface area contributed by atoms with Crippen molar-refractivity contribution in [2.75, 3.05) is 0 Å². The number of rotatable bonds is 4. The van der Waals surface area contributed by atoms with E-state index in [9.17, 15) is 0 Å². The van der Waals surface area contributed by atoms with E-state index in [1.807, 2.05) is 47.0 Å². The summed E-state index contributed by atoms with van der Waals surface area (Å²) in [6.07, 6.45) is 8.05. The van der Waals surface area contributed by atoms with E-state index >= 15 is 0 Å². The van der Waals surface area contributed by atoms with Crippen molar-refractivity contribution in [2.24, 2.45) is 0 Å². The van der Waals surface area contributed by atoms with Crippen molar-refractivity contribution >= 4 is 49.5 Å². The van der Waals surface area contributed by atoms with Crippen LogP contribution in [-0.2, 0) is 21.1 Å². The van der Waals surface area contributed by atoms with Crippen LogP contribution in [0.3, 0.4) is 0 Å². The molecule has 0 aliphatic carbocycles. The Morgan fingerprint density at radius 1 is 0.780 bits per heavy atom. The van der Waals surface area contributed by atoms with Crippen LogP contribution in [0, 0.1) is 18.5 Å². The number of fused-ring (bicyclic) bond motifs is 9. The number of ether oxygens (including phenoxy) is 1. The molecule has 0 spiro atoms. The SMILES string of the molecule is CC(C)c1cccc2c1c1ncc(Oc3[c-]c(-n4[c-]nc5ccccc54)cnc3)[c-]c1c1nc3ccccc3n21.[Pt]. The van der Waals surface area contributed by atoms with E-state index in [0.717, 1.165) is 49.5 Å². The minimum Gasteiger partial charge on any atom is -0.501 e. The molecule has 0 aliphatic heterocycles. The van der Waals surface area contributed by atoms with Gasteiger partial charge in [-0.1, -0.05) is 79.3 Å². The molecular formula is C33H21N6OPt-3. The Hall–Kier alpha value is -4.61. The van der Waals surface area contributed by atoms with E-state index in [4.69, 9.17) is 14.7 Å². The maximum atomic E-state index is 6.23. The van der Waals surface area contributed by atoms with Gasteiger partial charge in [-0.2, -0.15) is 6.07 Å². The summed E-state index contributed by atoms with van der Waals surface area (Å²) in [5.74, 6) is 1.21. The molecule has 0 saturated carbocycles. The van der Waals surface area contributed by atoms with Gasteiger partial charge < -0.3 is 28.7 Å². The summed E-state index contributed by atoms with van der Waals surface area (Å²) in [6, 6.07) is 29.2. The number of imidazole rings is 2. The van der Waals surface area contributed by atoms with Crippen LogP contribution in [0.2, 0.25) is 0 Å². The average molecular weight is 713 g/mol. The Morgan fingerprint density at radius 3 is 2.39 bits per heavy atom. The first-order valence-corrected chi connectivity index (χ1v) is 13.1. The van der Waals surface area contributed by atoms with Crippen LogP contribution in [0.15, 0.2) is 85.3 Å². The Bertz CT molecular complexity index is 2250. The molecule has 0 bridgehead atoms. The Balaban J connectivity index is 0.00000276. The quantitative estimate of drug-likeness (QED) is 0.142. The summed E-state index contributed by atoms with van der Waals surface area (Å²) in [6.45, 7) is 4.41. The average Bonchev–Trinajstić information content (AvgIpc) is 3.59. The van der Waals surface area contributed by atoms with Crippen molar-refractivity contribution in [2.45, 2.75) is 19.8 Å². The van der Waals surface area contributed by atoms with Crippen molar-refractivity contribution in [3.05, 3.63) is 109 Å². The molecule has 5 aromatic heterocycles. The first kappa shape index (κ1) is 25.4. The maximum Gasteiger partial charge on any atom is 0.0774 e. The topological polar surface area (TPSA) is 70.1 Å². The van der Waals surface area contributed by atoms with Crippen LogP contribution in [0.1, 0.15) is 25.3 Å². The van der Waals surface area contributed by atoms with Gasteiger partial charge in [-0.05, 0) is 58.5 Å². The van der Waals surface area contributed by atoms with Gasteiger partial charge in [0, 0.05) is 38.7 Å². The molecule has 5 heterocycles. The first-order valence-electron chi connectivity index (χ1n) is 13.1. The zero-order chi connectivity index (χ0) is 26.8. The van der Waals surface area contributed by atoms with Crippen LogP contribution in [-0.4, -0.2) is 28.9 Å². The van der Waals surface area contributed by atoms with Gasteiger partial charge in [0.2, 0.25) is 0 Å². The van der Waals surface area contributed by atoms with E-state index in [2.05, 4.69) is 70.9 Å². The second kappa shape index (κ2) is 9.79. The van der Waals surface area contributed by atoms with E-state index in [0.29, 0.717) is 23.1 Å². The van der Waals surface area contributed by atoms with Gasteiger partial charge >= 0.3 is 0 Å². The zero-order valence-corrected chi connectivity index (χ0v) is 24.3. The maximum absolute atomic E-state index is 6.23. The summed E-state index contributed by atoms with van der Waals surface area (Å²) in [5, 5.41) is 1.90. The fraction of sp³-hybridized carbons (Fsp3) is 0.0909. The predicted molar refractivity (Wildman–Crippen MR) is 155 cm³/mol. The number of benzene rings is 3. The molecule has 8 heteroatoms. The fourth-order valence-corrected chi connectivity index (χ4v) is 5.47. The van der Waals surface area contributed by atoms with E-state index in [-0.39, 0.29) is 21.1 Å². The third-order valence-corrected chi connectivity index (χ3v) is 7.25. The van der Waals surface area contributed by atoms with Crippen LogP contribution >= 0.6 is 0 Å². The van der Waals surface area contributed by atoms with Crippen LogP contribution in [0.5, 0.6) is 11.5 Å². The van der Waals surface area contributed by atoms with Gasteiger partial charge in [-0.3, -0.25) is 4.98 Å². The number of pyridine rings is 3. The van der Waals surface area contributed by atoms with Crippen molar-refractivity contribution in [3.8, 4) is 17.2 Å². The van der Waals surface area contributed by atoms with Gasteiger partial charge in [0.15, 0.2) is 0 Å². The summed E-state index contributed by atoms with van der Waals surface area (Å²) >= 11 is 0. The molecular weight excluding hydrogens is 691 g/mol. The molecule has 0 radical (unpaired) electrons. The second-order valence-corrected chi connectivity index (χ2v) is 10.0. The molecule has 3 aromatic carbocycles. The summed E-state index contributed by atoms with van der Waals surface area (Å²) < 4.78 is 10.2. The molecule has 7 nitrogen and oxygen atoms in total. The molecule has 8 rings (SSSR count). The molecule has 8 aromatic rings. The van der Waals surface area contributed by atoms with Crippen LogP contribution in [0.4, 0.5) is 0 Å². The van der Waals surface area contributed by atoms with Gasteiger partial charge in [0.25, 0.3) is 0 Å². The number of para-hydroxylation sites is 4. The van der Waals surface area contributed by atoms with Crippen molar-refractivity contribution in [1.29, 1.82) is 0 Å². The molecule has 0 saturated heterocycles. The van der Waals surface area contributed by atoms with Crippen LogP contribution in [0.25, 0.3) is 55.2 Å². The summed E-state index contributed by atoms with van der Waals surface area (Å²) in [4.78, 5) is 18.7.